The molecule has 0 saturated heterocycles. The molecule has 70 valence electrons. The minimum atomic E-state index is -1.64. The standard InChI is InChI=1S/C8H9NO4/c1-3-7(13-5(2)10)6(4-9)8(11)12/h3H2,1-2H3,(H,11,12)/p-1/b7-6-. The van der Waals surface area contributed by atoms with Gasteiger partial charge in [0, 0.05) is 13.3 Å². The highest BCUT2D eigenvalue weighted by molar-refractivity contribution is 5.90. The van der Waals surface area contributed by atoms with E-state index in [9.17, 15) is 14.7 Å². The van der Waals surface area contributed by atoms with Crippen molar-refractivity contribution in [3.05, 3.63) is 11.3 Å². The number of carboxylic acids is 1. The number of nitrogens with zero attached hydrogens (tertiary/aromatic N) is 1. The second-order valence-electron chi connectivity index (χ2n) is 2.14. The molecule has 0 aliphatic rings. The van der Waals surface area contributed by atoms with E-state index in [-0.39, 0.29) is 12.2 Å². The normalized spacial score (nSPS) is 11.2. The van der Waals surface area contributed by atoms with Crippen LogP contribution in [0.2, 0.25) is 0 Å². The zero-order valence-corrected chi connectivity index (χ0v) is 7.29. The molecule has 0 aliphatic carbocycles. The minimum Gasteiger partial charge on any atom is -0.544 e. The van der Waals surface area contributed by atoms with Crippen LogP contribution in [0.1, 0.15) is 20.3 Å². The lowest BCUT2D eigenvalue weighted by atomic mass is 10.2. The van der Waals surface area contributed by atoms with Gasteiger partial charge in [0.05, 0.1) is 5.97 Å². The molecule has 13 heavy (non-hydrogen) atoms. The number of carbonyl (C=O) groups is 2. The zero-order chi connectivity index (χ0) is 10.4. The quantitative estimate of drug-likeness (QED) is 0.253. The van der Waals surface area contributed by atoms with E-state index in [2.05, 4.69) is 4.74 Å². The van der Waals surface area contributed by atoms with Gasteiger partial charge in [-0.25, -0.2) is 0 Å². The highest BCUT2D eigenvalue weighted by Crippen LogP contribution is 2.09. The number of aliphatic carboxylic acids is 1. The summed E-state index contributed by atoms with van der Waals surface area (Å²) >= 11 is 0. The lowest BCUT2D eigenvalue weighted by molar-refractivity contribution is -0.298. The average molecular weight is 182 g/mol. The van der Waals surface area contributed by atoms with Crippen molar-refractivity contribution in [1.29, 1.82) is 5.26 Å². The summed E-state index contributed by atoms with van der Waals surface area (Å²) in [4.78, 5) is 20.8. The van der Waals surface area contributed by atoms with Gasteiger partial charge in [-0.05, 0) is 0 Å². The number of rotatable bonds is 3. The molecule has 0 radical (unpaired) electrons. The van der Waals surface area contributed by atoms with E-state index in [0.717, 1.165) is 6.92 Å². The largest absolute Gasteiger partial charge is 0.544 e. The van der Waals surface area contributed by atoms with E-state index in [1.54, 1.807) is 6.92 Å². The van der Waals surface area contributed by atoms with Crippen molar-refractivity contribution in [3.8, 4) is 6.07 Å². The smallest absolute Gasteiger partial charge is 0.307 e. The van der Waals surface area contributed by atoms with Crippen LogP contribution < -0.4 is 5.11 Å². The Morgan fingerprint density at radius 2 is 2.08 bits per heavy atom. The van der Waals surface area contributed by atoms with Crippen LogP contribution in [0.15, 0.2) is 11.3 Å². The maximum atomic E-state index is 10.5. The maximum absolute atomic E-state index is 10.5. The second-order valence-corrected chi connectivity index (χ2v) is 2.14. The van der Waals surface area contributed by atoms with E-state index in [0.29, 0.717) is 0 Å². The summed E-state index contributed by atoms with van der Waals surface area (Å²) < 4.78 is 4.51. The van der Waals surface area contributed by atoms with Gasteiger partial charge in [-0.2, -0.15) is 5.26 Å². The summed E-state index contributed by atoms with van der Waals surface area (Å²) in [6.45, 7) is 2.69. The Kier molecular flexibility index (Phi) is 4.24. The van der Waals surface area contributed by atoms with Gasteiger partial charge in [0.15, 0.2) is 0 Å². The number of carbonyl (C=O) groups excluding carboxylic acids is 2. The molecule has 0 N–H and O–H groups in total. The molecular weight excluding hydrogens is 174 g/mol. The Morgan fingerprint density at radius 1 is 1.54 bits per heavy atom. The van der Waals surface area contributed by atoms with Crippen LogP contribution in [0.3, 0.4) is 0 Å². The van der Waals surface area contributed by atoms with Crippen molar-refractivity contribution in [2.24, 2.45) is 0 Å². The number of nitriles is 1. The van der Waals surface area contributed by atoms with Gasteiger partial charge in [0.1, 0.15) is 17.4 Å². The number of carboxylic acid groups (broad SMARTS) is 1. The van der Waals surface area contributed by atoms with E-state index in [1.807, 2.05) is 0 Å². The Morgan fingerprint density at radius 3 is 2.31 bits per heavy atom. The monoisotopic (exact) mass is 182 g/mol. The third-order valence-electron chi connectivity index (χ3n) is 1.18. The fraction of sp³-hybridized carbons (Fsp3) is 0.375. The Balaban J connectivity index is 4.97. The SMILES string of the molecule is CC/C(OC(C)=O)=C(\C#N)C(=O)[O-]. The van der Waals surface area contributed by atoms with Crippen molar-refractivity contribution < 1.29 is 19.4 Å². The molecule has 0 atom stereocenters. The van der Waals surface area contributed by atoms with Gasteiger partial charge in [0.2, 0.25) is 0 Å². The molecule has 0 aromatic carbocycles. The summed E-state index contributed by atoms with van der Waals surface area (Å²) in [6.07, 6.45) is 0.149. The highest BCUT2D eigenvalue weighted by Gasteiger charge is 2.09. The number of hydrogen-bond donors (Lipinski definition) is 0. The lowest BCUT2D eigenvalue weighted by Crippen LogP contribution is -2.25. The van der Waals surface area contributed by atoms with E-state index in [1.165, 1.54) is 6.07 Å². The number of esters is 1. The van der Waals surface area contributed by atoms with Gasteiger partial charge in [0.25, 0.3) is 0 Å². The van der Waals surface area contributed by atoms with Crippen LogP contribution in [0, 0.1) is 11.3 Å². The van der Waals surface area contributed by atoms with Crippen molar-refractivity contribution in [2.45, 2.75) is 20.3 Å². The molecule has 5 nitrogen and oxygen atoms in total. The predicted octanol–water partition coefficient (Wildman–Crippen LogP) is -0.513. The molecule has 0 amide bonds. The first kappa shape index (κ1) is 11.2. The predicted molar refractivity (Wildman–Crippen MR) is 39.7 cm³/mol. The first-order valence-corrected chi connectivity index (χ1v) is 3.55. The molecule has 0 aliphatic heterocycles. The molecule has 5 heteroatoms. The summed E-state index contributed by atoms with van der Waals surface area (Å²) in [7, 11) is 0. The van der Waals surface area contributed by atoms with Crippen molar-refractivity contribution in [3.63, 3.8) is 0 Å². The van der Waals surface area contributed by atoms with Gasteiger partial charge < -0.3 is 14.6 Å². The topological polar surface area (TPSA) is 90.2 Å². The van der Waals surface area contributed by atoms with E-state index in [4.69, 9.17) is 5.26 Å². The van der Waals surface area contributed by atoms with Crippen molar-refractivity contribution >= 4 is 11.9 Å². The zero-order valence-electron chi connectivity index (χ0n) is 7.29. The second kappa shape index (κ2) is 4.93. The number of ether oxygens (including phenoxy) is 1. The first-order valence-electron chi connectivity index (χ1n) is 3.55. The Hall–Kier alpha value is -1.83. The van der Waals surface area contributed by atoms with Crippen molar-refractivity contribution in [2.75, 3.05) is 0 Å². The van der Waals surface area contributed by atoms with Crippen LogP contribution in [0.4, 0.5) is 0 Å². The van der Waals surface area contributed by atoms with Crippen LogP contribution in [-0.4, -0.2) is 11.9 Å². The Bertz CT molecular complexity index is 298. The average Bonchev–Trinajstić information content (AvgIpc) is 2.02. The summed E-state index contributed by atoms with van der Waals surface area (Å²) in [5, 5.41) is 18.7. The van der Waals surface area contributed by atoms with Crippen LogP contribution >= 0.6 is 0 Å². The molecule has 0 spiro atoms. The molecule has 0 rings (SSSR count). The minimum absolute atomic E-state index is 0.149. The molecular formula is C8H8NO4-. The number of allylic oxidation sites excluding steroid dienone is 1. The maximum Gasteiger partial charge on any atom is 0.307 e. The molecule has 0 fully saturated rings. The lowest BCUT2D eigenvalue weighted by Gasteiger charge is -2.07. The molecule has 0 aromatic heterocycles. The summed E-state index contributed by atoms with van der Waals surface area (Å²) in [6, 6.07) is 1.40. The summed E-state index contributed by atoms with van der Waals surface area (Å²) in [5.74, 6) is -2.47. The molecule has 0 aromatic rings. The molecule has 0 bridgehead atoms. The van der Waals surface area contributed by atoms with Crippen molar-refractivity contribution in [1.82, 2.24) is 0 Å². The fourth-order valence-electron chi connectivity index (χ4n) is 0.695. The highest BCUT2D eigenvalue weighted by atomic mass is 16.5. The fourth-order valence-corrected chi connectivity index (χ4v) is 0.695. The Labute approximate surface area is 75.2 Å². The van der Waals surface area contributed by atoms with Crippen LogP contribution in [0.25, 0.3) is 0 Å². The van der Waals surface area contributed by atoms with Gasteiger partial charge in [-0.15, -0.1) is 0 Å². The van der Waals surface area contributed by atoms with Crippen LogP contribution in [0.5, 0.6) is 0 Å². The van der Waals surface area contributed by atoms with E-state index < -0.39 is 17.5 Å². The third-order valence-corrected chi connectivity index (χ3v) is 1.18. The molecule has 0 saturated carbocycles. The number of hydrogen-bond acceptors (Lipinski definition) is 5. The summed E-state index contributed by atoms with van der Waals surface area (Å²) in [5.41, 5.74) is -0.641. The molecule has 0 unspecified atom stereocenters. The van der Waals surface area contributed by atoms with Crippen LogP contribution in [-0.2, 0) is 14.3 Å². The van der Waals surface area contributed by atoms with Gasteiger partial charge in [-0.1, -0.05) is 6.92 Å². The first-order chi connectivity index (χ1) is 6.02. The van der Waals surface area contributed by atoms with E-state index >= 15 is 0 Å². The van der Waals surface area contributed by atoms with Gasteiger partial charge >= 0.3 is 5.97 Å². The third kappa shape index (κ3) is 3.38. The van der Waals surface area contributed by atoms with Gasteiger partial charge in [-0.3, -0.25) is 4.79 Å². The molecule has 0 heterocycles.